The second-order valence-electron chi connectivity index (χ2n) is 6.01. The molecule has 8 N–H and O–H groups in total. The predicted octanol–water partition coefficient (Wildman–Crippen LogP) is -3.70. The lowest BCUT2D eigenvalue weighted by molar-refractivity contribution is -0.269. The third-order valence-corrected chi connectivity index (χ3v) is 4.01. The monoisotopic (exact) mass is 364 g/mol. The molecule has 1 heterocycles. The highest BCUT2D eigenvalue weighted by Crippen LogP contribution is 2.28. The molecule has 0 spiro atoms. The molecule has 7 atom stereocenters. The van der Waals surface area contributed by atoms with Gasteiger partial charge < -0.3 is 41.3 Å². The molecule has 0 saturated carbocycles. The van der Waals surface area contributed by atoms with E-state index >= 15 is 0 Å². The number of ether oxygens (including phenoxy) is 1. The van der Waals surface area contributed by atoms with Gasteiger partial charge in [-0.15, -0.1) is 0 Å². The molecule has 1 amide bonds. The second-order valence-corrected chi connectivity index (χ2v) is 6.01. The van der Waals surface area contributed by atoms with Crippen LogP contribution in [-0.4, -0.2) is 86.5 Å². The van der Waals surface area contributed by atoms with Gasteiger partial charge in [-0.05, 0) is 6.92 Å². The molecular formula is C14H24N2O9. The Morgan fingerprint density at radius 2 is 1.80 bits per heavy atom. The fourth-order valence-corrected chi connectivity index (χ4v) is 2.44. The van der Waals surface area contributed by atoms with Crippen LogP contribution in [0.1, 0.15) is 19.8 Å². The van der Waals surface area contributed by atoms with Gasteiger partial charge in [0.15, 0.2) is 6.29 Å². The van der Waals surface area contributed by atoms with E-state index in [1.807, 2.05) is 0 Å². The molecule has 0 aromatic carbocycles. The van der Waals surface area contributed by atoms with Crippen LogP contribution in [-0.2, 0) is 19.1 Å². The quantitative estimate of drug-likeness (QED) is 0.225. The maximum atomic E-state index is 12.0. The van der Waals surface area contributed by atoms with Crippen LogP contribution in [0.3, 0.4) is 0 Å². The molecule has 1 rings (SSSR count). The Labute approximate surface area is 143 Å². The summed E-state index contributed by atoms with van der Waals surface area (Å²) in [6.45, 7) is 0.614. The number of hydrogen-bond acceptors (Lipinski definition) is 9. The number of ketones is 1. The normalized spacial score (nSPS) is 31.8. The smallest absolute Gasteiger partial charge is 0.325 e. The van der Waals surface area contributed by atoms with Gasteiger partial charge in [0.2, 0.25) is 5.91 Å². The summed E-state index contributed by atoms with van der Waals surface area (Å²) in [5, 5.41) is 49.3. The zero-order valence-corrected chi connectivity index (χ0v) is 13.6. The van der Waals surface area contributed by atoms with E-state index in [0.29, 0.717) is 0 Å². The Kier molecular flexibility index (Phi) is 7.86. The van der Waals surface area contributed by atoms with Crippen molar-refractivity contribution in [2.75, 3.05) is 6.61 Å². The largest absolute Gasteiger partial charge is 0.480 e. The predicted molar refractivity (Wildman–Crippen MR) is 80.9 cm³/mol. The minimum absolute atomic E-state index is 0.424. The third kappa shape index (κ3) is 5.70. The Hall–Kier alpha value is -1.63. The molecule has 11 heteroatoms. The Morgan fingerprint density at radius 1 is 1.20 bits per heavy atom. The van der Waals surface area contributed by atoms with Crippen molar-refractivity contribution in [3.05, 3.63) is 0 Å². The van der Waals surface area contributed by atoms with E-state index in [1.165, 1.54) is 6.92 Å². The van der Waals surface area contributed by atoms with Crippen molar-refractivity contribution in [1.82, 2.24) is 5.32 Å². The Bertz CT molecular complexity index is 501. The number of Topliss-reactive ketones (excluding diaryl/α,β-unsaturated/α-hetero) is 1. The first kappa shape index (κ1) is 21.4. The fraction of sp³-hybridized carbons (Fsp3) is 0.786. The highest BCUT2D eigenvalue weighted by Gasteiger charge is 2.44. The number of aliphatic carboxylic acids is 1. The van der Waals surface area contributed by atoms with Gasteiger partial charge in [-0.3, -0.25) is 14.4 Å². The van der Waals surface area contributed by atoms with Crippen LogP contribution in [0.5, 0.6) is 0 Å². The standard InChI is InChI=1S/C14H24N2O9/c1-5(13(22)23)16-12(21)8(15)3-6(18)2-7-10(19)11(20)9(4-17)25-14(7)24/h5,7-11,14,17,19-20,24H,2-4,15H2,1H3,(H,16,21)(H,22,23). The molecule has 0 bridgehead atoms. The van der Waals surface area contributed by atoms with Crippen LogP contribution < -0.4 is 11.1 Å². The van der Waals surface area contributed by atoms with Gasteiger partial charge in [0.1, 0.15) is 24.0 Å². The van der Waals surface area contributed by atoms with E-state index in [1.54, 1.807) is 0 Å². The first-order valence-electron chi connectivity index (χ1n) is 7.69. The van der Waals surface area contributed by atoms with Crippen LogP contribution in [0, 0.1) is 5.92 Å². The number of aliphatic hydroxyl groups excluding tert-OH is 4. The molecule has 0 aromatic rings. The fourth-order valence-electron chi connectivity index (χ4n) is 2.44. The number of amides is 1. The van der Waals surface area contributed by atoms with E-state index in [9.17, 15) is 29.7 Å². The van der Waals surface area contributed by atoms with E-state index in [0.717, 1.165) is 0 Å². The molecule has 1 saturated heterocycles. The lowest BCUT2D eigenvalue weighted by Gasteiger charge is -2.40. The average molecular weight is 364 g/mol. The van der Waals surface area contributed by atoms with Crippen LogP contribution in [0.2, 0.25) is 0 Å². The SMILES string of the molecule is CC(NC(=O)C(N)CC(=O)CC1C(O)OC(CO)C(O)C1O)C(=O)O. The highest BCUT2D eigenvalue weighted by atomic mass is 16.6. The Balaban J connectivity index is 2.58. The van der Waals surface area contributed by atoms with Gasteiger partial charge in [-0.25, -0.2) is 0 Å². The molecule has 1 fully saturated rings. The van der Waals surface area contributed by atoms with Crippen molar-refractivity contribution < 1.29 is 44.7 Å². The first-order valence-corrected chi connectivity index (χ1v) is 7.69. The van der Waals surface area contributed by atoms with Crippen LogP contribution in [0.4, 0.5) is 0 Å². The number of nitrogens with one attached hydrogen (secondary N) is 1. The minimum atomic E-state index is -1.59. The zero-order valence-electron chi connectivity index (χ0n) is 13.6. The van der Waals surface area contributed by atoms with Crippen molar-refractivity contribution in [1.29, 1.82) is 0 Å². The van der Waals surface area contributed by atoms with Crippen LogP contribution in [0.25, 0.3) is 0 Å². The molecular weight excluding hydrogens is 340 g/mol. The average Bonchev–Trinajstić information content (AvgIpc) is 2.54. The summed E-state index contributed by atoms with van der Waals surface area (Å²) in [6, 6.07) is -2.47. The third-order valence-electron chi connectivity index (χ3n) is 4.01. The summed E-state index contributed by atoms with van der Waals surface area (Å²) >= 11 is 0. The van der Waals surface area contributed by atoms with Gasteiger partial charge in [-0.2, -0.15) is 0 Å². The summed E-state index contributed by atoms with van der Waals surface area (Å²) in [5.41, 5.74) is 5.55. The number of rotatable bonds is 8. The van der Waals surface area contributed by atoms with Gasteiger partial charge in [-0.1, -0.05) is 0 Å². The second kappa shape index (κ2) is 9.17. The summed E-state index contributed by atoms with van der Waals surface area (Å²) < 4.78 is 4.93. The van der Waals surface area contributed by atoms with Crippen molar-refractivity contribution in [3.8, 4) is 0 Å². The number of aliphatic hydroxyl groups is 4. The number of carbonyl (C=O) groups excluding carboxylic acids is 2. The minimum Gasteiger partial charge on any atom is -0.480 e. The maximum Gasteiger partial charge on any atom is 0.325 e. The summed E-state index contributed by atoms with van der Waals surface area (Å²) in [6.07, 6.45) is -6.64. The molecule has 0 aliphatic carbocycles. The first-order chi connectivity index (χ1) is 11.6. The summed E-state index contributed by atoms with van der Waals surface area (Å²) in [4.78, 5) is 34.4. The molecule has 144 valence electrons. The van der Waals surface area contributed by atoms with Crippen LogP contribution in [0.15, 0.2) is 0 Å². The van der Waals surface area contributed by atoms with E-state index in [4.69, 9.17) is 20.7 Å². The Morgan fingerprint density at radius 3 is 2.32 bits per heavy atom. The van der Waals surface area contributed by atoms with E-state index < -0.39 is 79.7 Å². The van der Waals surface area contributed by atoms with Crippen molar-refractivity contribution in [3.63, 3.8) is 0 Å². The topological polar surface area (TPSA) is 200 Å². The van der Waals surface area contributed by atoms with Crippen molar-refractivity contribution >= 4 is 17.7 Å². The lowest BCUT2D eigenvalue weighted by Crippen LogP contribution is -2.56. The molecule has 1 aliphatic rings. The lowest BCUT2D eigenvalue weighted by atomic mass is 9.86. The zero-order chi connectivity index (χ0) is 19.3. The van der Waals surface area contributed by atoms with Gasteiger partial charge in [0.05, 0.1) is 18.8 Å². The summed E-state index contributed by atoms with van der Waals surface area (Å²) in [7, 11) is 0. The maximum absolute atomic E-state index is 12.0. The molecule has 0 aromatic heterocycles. The molecule has 11 nitrogen and oxygen atoms in total. The number of hydrogen-bond donors (Lipinski definition) is 7. The van der Waals surface area contributed by atoms with Gasteiger partial charge in [0.25, 0.3) is 0 Å². The number of carboxylic acids is 1. The van der Waals surface area contributed by atoms with E-state index in [-0.39, 0.29) is 0 Å². The molecule has 25 heavy (non-hydrogen) atoms. The molecule has 1 aliphatic heterocycles. The van der Waals surface area contributed by atoms with E-state index in [2.05, 4.69) is 5.32 Å². The number of carboxylic acid groups (broad SMARTS) is 1. The highest BCUT2D eigenvalue weighted by molar-refractivity contribution is 5.91. The van der Waals surface area contributed by atoms with Crippen LogP contribution >= 0.6 is 0 Å². The van der Waals surface area contributed by atoms with Gasteiger partial charge >= 0.3 is 5.97 Å². The number of nitrogens with two attached hydrogens (primary N) is 1. The van der Waals surface area contributed by atoms with Crippen molar-refractivity contribution in [2.24, 2.45) is 11.7 Å². The van der Waals surface area contributed by atoms with Gasteiger partial charge in [0, 0.05) is 18.8 Å². The van der Waals surface area contributed by atoms with Crippen molar-refractivity contribution in [2.45, 2.75) is 56.5 Å². The molecule has 0 radical (unpaired) electrons. The number of carbonyl (C=O) groups is 3. The molecule has 7 unspecified atom stereocenters. The summed E-state index contributed by atoms with van der Waals surface area (Å²) in [5.74, 6) is -3.83.